The van der Waals surface area contributed by atoms with Crippen molar-refractivity contribution in [1.82, 2.24) is 0 Å². The van der Waals surface area contributed by atoms with Gasteiger partial charge in [-0.05, 0) is 23.3 Å². The van der Waals surface area contributed by atoms with Gasteiger partial charge in [-0.3, -0.25) is 4.79 Å². The molecule has 2 aromatic rings. The molecule has 2 rings (SSSR count). The quantitative estimate of drug-likeness (QED) is 0.672. The first kappa shape index (κ1) is 9.91. The Kier molecular flexibility index (Phi) is 2.55. The standard InChI is InChI=1S/C14H14O/c1-3-14(15)13-9-5-7-11-10(2)6-4-8-12(11)13/h4-9H,3H2,1-2H3. The van der Waals surface area contributed by atoms with Crippen LogP contribution in [0.4, 0.5) is 0 Å². The predicted molar refractivity (Wildman–Crippen MR) is 63.3 cm³/mol. The lowest BCUT2D eigenvalue weighted by molar-refractivity contribution is 0.0990. The second kappa shape index (κ2) is 3.85. The molecular weight excluding hydrogens is 184 g/mol. The molecule has 0 aliphatic heterocycles. The van der Waals surface area contributed by atoms with Crippen LogP contribution in [0.1, 0.15) is 29.3 Å². The van der Waals surface area contributed by atoms with Crippen LogP contribution in [0.25, 0.3) is 10.8 Å². The summed E-state index contributed by atoms with van der Waals surface area (Å²) in [4.78, 5) is 11.7. The average Bonchev–Trinajstić information content (AvgIpc) is 2.28. The highest BCUT2D eigenvalue weighted by Gasteiger charge is 2.07. The molecule has 0 fully saturated rings. The molecule has 0 unspecified atom stereocenters. The van der Waals surface area contributed by atoms with E-state index in [1.807, 2.05) is 31.2 Å². The minimum Gasteiger partial charge on any atom is -0.294 e. The van der Waals surface area contributed by atoms with Crippen LogP contribution < -0.4 is 0 Å². The molecule has 1 heteroatoms. The lowest BCUT2D eigenvalue weighted by atomic mass is 9.98. The third-order valence-corrected chi connectivity index (χ3v) is 2.76. The number of carbonyl (C=O) groups is 1. The maximum absolute atomic E-state index is 11.7. The Balaban J connectivity index is 2.77. The molecule has 76 valence electrons. The maximum atomic E-state index is 11.7. The normalized spacial score (nSPS) is 10.5. The lowest BCUT2D eigenvalue weighted by Crippen LogP contribution is -1.97. The zero-order chi connectivity index (χ0) is 10.8. The SMILES string of the molecule is CCC(=O)c1cccc2c(C)cccc12. The van der Waals surface area contributed by atoms with Gasteiger partial charge in [0, 0.05) is 12.0 Å². The van der Waals surface area contributed by atoms with Crippen LogP contribution in [-0.2, 0) is 0 Å². The number of aryl methyl sites for hydroxylation is 1. The number of carbonyl (C=O) groups excluding carboxylic acids is 1. The highest BCUT2D eigenvalue weighted by molar-refractivity contribution is 6.08. The van der Waals surface area contributed by atoms with Crippen molar-refractivity contribution in [2.75, 3.05) is 0 Å². The van der Waals surface area contributed by atoms with Crippen molar-refractivity contribution in [3.05, 3.63) is 47.5 Å². The van der Waals surface area contributed by atoms with Crippen LogP contribution in [0.3, 0.4) is 0 Å². The van der Waals surface area contributed by atoms with Gasteiger partial charge >= 0.3 is 0 Å². The van der Waals surface area contributed by atoms with Crippen LogP contribution in [0, 0.1) is 6.92 Å². The Morgan fingerprint density at radius 1 is 1.07 bits per heavy atom. The van der Waals surface area contributed by atoms with Crippen LogP contribution in [0.2, 0.25) is 0 Å². The molecule has 0 saturated heterocycles. The lowest BCUT2D eigenvalue weighted by Gasteiger charge is -2.06. The number of fused-ring (bicyclic) bond motifs is 1. The predicted octanol–water partition coefficient (Wildman–Crippen LogP) is 3.74. The van der Waals surface area contributed by atoms with Gasteiger partial charge in [0.25, 0.3) is 0 Å². The summed E-state index contributed by atoms with van der Waals surface area (Å²) in [5.74, 6) is 0.214. The molecule has 1 nitrogen and oxygen atoms in total. The van der Waals surface area contributed by atoms with Crippen molar-refractivity contribution in [3.63, 3.8) is 0 Å². The number of rotatable bonds is 2. The van der Waals surface area contributed by atoms with E-state index in [9.17, 15) is 4.79 Å². The van der Waals surface area contributed by atoms with Crippen LogP contribution >= 0.6 is 0 Å². The summed E-state index contributed by atoms with van der Waals surface area (Å²) in [6.45, 7) is 3.97. The Morgan fingerprint density at radius 3 is 2.47 bits per heavy atom. The second-order valence-electron chi connectivity index (χ2n) is 3.75. The van der Waals surface area contributed by atoms with Gasteiger partial charge < -0.3 is 0 Å². The van der Waals surface area contributed by atoms with Crippen molar-refractivity contribution < 1.29 is 4.79 Å². The summed E-state index contributed by atoms with van der Waals surface area (Å²) in [7, 11) is 0. The number of Topliss-reactive ketones (excluding diaryl/α,β-unsaturated/α-hetero) is 1. The van der Waals surface area contributed by atoms with Crippen LogP contribution in [0.15, 0.2) is 36.4 Å². The van der Waals surface area contributed by atoms with Crippen molar-refractivity contribution in [2.24, 2.45) is 0 Å². The van der Waals surface area contributed by atoms with Gasteiger partial charge in [-0.25, -0.2) is 0 Å². The Hall–Kier alpha value is -1.63. The van der Waals surface area contributed by atoms with Gasteiger partial charge in [-0.1, -0.05) is 43.3 Å². The van der Waals surface area contributed by atoms with E-state index in [0.717, 1.165) is 10.9 Å². The monoisotopic (exact) mass is 198 g/mol. The zero-order valence-corrected chi connectivity index (χ0v) is 9.08. The van der Waals surface area contributed by atoms with Gasteiger partial charge in [-0.15, -0.1) is 0 Å². The fourth-order valence-electron chi connectivity index (χ4n) is 1.90. The molecule has 0 atom stereocenters. The highest BCUT2D eigenvalue weighted by atomic mass is 16.1. The first-order valence-corrected chi connectivity index (χ1v) is 5.25. The second-order valence-corrected chi connectivity index (χ2v) is 3.75. The van der Waals surface area contributed by atoms with E-state index in [-0.39, 0.29) is 5.78 Å². The maximum Gasteiger partial charge on any atom is 0.163 e. The van der Waals surface area contributed by atoms with E-state index < -0.39 is 0 Å². The van der Waals surface area contributed by atoms with E-state index in [0.29, 0.717) is 6.42 Å². The van der Waals surface area contributed by atoms with Crippen LogP contribution in [0.5, 0.6) is 0 Å². The largest absolute Gasteiger partial charge is 0.294 e. The fraction of sp³-hybridized carbons (Fsp3) is 0.214. The van der Waals surface area contributed by atoms with Gasteiger partial charge in [0.1, 0.15) is 0 Å². The van der Waals surface area contributed by atoms with Crippen molar-refractivity contribution >= 4 is 16.6 Å². The molecule has 0 N–H and O–H groups in total. The number of benzene rings is 2. The summed E-state index contributed by atoms with van der Waals surface area (Å²) in [5.41, 5.74) is 2.07. The average molecular weight is 198 g/mol. The molecule has 2 aromatic carbocycles. The third kappa shape index (κ3) is 1.65. The zero-order valence-electron chi connectivity index (χ0n) is 9.08. The van der Waals surface area contributed by atoms with E-state index in [1.165, 1.54) is 10.9 Å². The topological polar surface area (TPSA) is 17.1 Å². The highest BCUT2D eigenvalue weighted by Crippen LogP contribution is 2.22. The number of hydrogen-bond acceptors (Lipinski definition) is 1. The molecule has 0 aliphatic carbocycles. The summed E-state index contributed by atoms with van der Waals surface area (Å²) in [6, 6.07) is 12.0. The van der Waals surface area contributed by atoms with Crippen molar-refractivity contribution in [2.45, 2.75) is 20.3 Å². The molecule has 15 heavy (non-hydrogen) atoms. The first-order chi connectivity index (χ1) is 7.24. The Bertz CT molecular complexity index is 512. The smallest absolute Gasteiger partial charge is 0.163 e. The van der Waals surface area contributed by atoms with Crippen molar-refractivity contribution in [3.8, 4) is 0 Å². The molecule has 0 bridgehead atoms. The molecule has 0 aromatic heterocycles. The summed E-state index contributed by atoms with van der Waals surface area (Å²) in [5, 5.41) is 2.25. The molecule has 0 amide bonds. The van der Waals surface area contributed by atoms with E-state index in [4.69, 9.17) is 0 Å². The third-order valence-electron chi connectivity index (χ3n) is 2.76. The molecule has 0 aliphatic rings. The number of hydrogen-bond donors (Lipinski definition) is 0. The van der Waals surface area contributed by atoms with Gasteiger partial charge in [0.2, 0.25) is 0 Å². The molecule has 0 radical (unpaired) electrons. The first-order valence-electron chi connectivity index (χ1n) is 5.25. The molecule has 0 saturated carbocycles. The van der Waals surface area contributed by atoms with Gasteiger partial charge in [-0.2, -0.15) is 0 Å². The minimum atomic E-state index is 0.214. The Morgan fingerprint density at radius 2 is 1.73 bits per heavy atom. The van der Waals surface area contributed by atoms with E-state index >= 15 is 0 Å². The summed E-state index contributed by atoms with van der Waals surface area (Å²) < 4.78 is 0. The number of ketones is 1. The minimum absolute atomic E-state index is 0.214. The molecule has 0 heterocycles. The van der Waals surface area contributed by atoms with Gasteiger partial charge in [0.15, 0.2) is 5.78 Å². The summed E-state index contributed by atoms with van der Waals surface area (Å²) in [6.07, 6.45) is 0.563. The summed E-state index contributed by atoms with van der Waals surface area (Å²) >= 11 is 0. The van der Waals surface area contributed by atoms with Gasteiger partial charge in [0.05, 0.1) is 0 Å². The van der Waals surface area contributed by atoms with Crippen LogP contribution in [-0.4, -0.2) is 5.78 Å². The van der Waals surface area contributed by atoms with E-state index in [2.05, 4.69) is 19.1 Å². The molecular formula is C14H14O. The fourth-order valence-corrected chi connectivity index (χ4v) is 1.90. The Labute approximate surface area is 89.7 Å². The van der Waals surface area contributed by atoms with Crippen molar-refractivity contribution in [1.29, 1.82) is 0 Å². The van der Waals surface area contributed by atoms with E-state index in [1.54, 1.807) is 0 Å². The molecule has 0 spiro atoms.